The van der Waals surface area contributed by atoms with E-state index in [1.54, 1.807) is 0 Å². The summed E-state index contributed by atoms with van der Waals surface area (Å²) in [4.78, 5) is 76.6. The molecule has 1 heterocycles. The van der Waals surface area contributed by atoms with Gasteiger partial charge in [0.2, 0.25) is 29.5 Å². The van der Waals surface area contributed by atoms with E-state index < -0.39 is 73.0 Å². The van der Waals surface area contributed by atoms with Crippen molar-refractivity contribution in [2.24, 2.45) is 17.2 Å². The van der Waals surface area contributed by atoms with E-state index in [0.29, 0.717) is 5.69 Å². The summed E-state index contributed by atoms with van der Waals surface area (Å²) in [5.41, 5.74) is 16.5. The van der Waals surface area contributed by atoms with E-state index in [1.807, 2.05) is 5.32 Å². The van der Waals surface area contributed by atoms with Crippen LogP contribution in [0.1, 0.15) is 18.5 Å². The molecule has 170 valence electrons. The highest BCUT2D eigenvalue weighted by Crippen LogP contribution is 2.01. The Balaban J connectivity index is 2.86. The lowest BCUT2D eigenvalue weighted by Crippen LogP contribution is -2.57. The molecule has 0 fully saturated rings. The van der Waals surface area contributed by atoms with Crippen molar-refractivity contribution >= 4 is 35.5 Å². The van der Waals surface area contributed by atoms with Gasteiger partial charge < -0.3 is 43.2 Å². The van der Waals surface area contributed by atoms with Gasteiger partial charge in [0, 0.05) is 18.3 Å². The molecule has 0 bridgehead atoms. The number of carboxylic acid groups (broad SMARTS) is 1. The molecular formula is C16H24N8O7. The van der Waals surface area contributed by atoms with Crippen LogP contribution in [0.15, 0.2) is 12.5 Å². The Morgan fingerprint density at radius 3 is 2.00 bits per heavy atom. The Bertz CT molecular complexity index is 826. The Kier molecular flexibility index (Phi) is 9.58. The molecule has 31 heavy (non-hydrogen) atoms. The largest absolute Gasteiger partial charge is 0.480 e. The van der Waals surface area contributed by atoms with Crippen molar-refractivity contribution in [1.29, 1.82) is 0 Å². The second-order valence-corrected chi connectivity index (χ2v) is 6.46. The maximum Gasteiger partial charge on any atom is 0.322 e. The predicted molar refractivity (Wildman–Crippen MR) is 102 cm³/mol. The zero-order valence-electron chi connectivity index (χ0n) is 16.3. The molecule has 5 amide bonds. The fourth-order valence-electron chi connectivity index (χ4n) is 2.38. The van der Waals surface area contributed by atoms with E-state index in [9.17, 15) is 28.8 Å². The normalized spacial score (nSPS) is 13.3. The molecule has 0 aliphatic heterocycles. The molecule has 0 saturated carbocycles. The minimum atomic E-state index is -1.55. The number of rotatable bonds is 13. The molecule has 0 spiro atoms. The van der Waals surface area contributed by atoms with Crippen LogP contribution in [0.4, 0.5) is 0 Å². The highest BCUT2D eigenvalue weighted by molar-refractivity contribution is 5.97. The molecule has 0 radical (unpaired) electrons. The number of hydrogen-bond donors (Lipinski definition) is 8. The molecule has 0 saturated heterocycles. The van der Waals surface area contributed by atoms with E-state index in [0.717, 1.165) is 0 Å². The molecule has 1 aromatic heterocycles. The first kappa shape index (κ1) is 25.0. The molecule has 15 nitrogen and oxygen atoms in total. The fraction of sp³-hybridized carbons (Fsp3) is 0.438. The number of carbonyl (C=O) groups is 6. The number of aromatic nitrogens is 2. The van der Waals surface area contributed by atoms with Crippen molar-refractivity contribution < 1.29 is 33.9 Å². The standard InChI is InChI=1S/C16H24N8O7/c17-8(1-7-4-20-6-22-7)14(29)23-10(3-12(19)26)16(31)24-9(2-11(18)25)15(30)21-5-13(27)28/h4,6,8-10H,1-3,5,17H2,(H2,18,25)(H2,19,26)(H,20,22)(H,21,30)(H,23,29)(H,24,31)(H,27,28). The lowest BCUT2D eigenvalue weighted by Gasteiger charge is -2.23. The molecular weight excluding hydrogens is 416 g/mol. The number of hydrogen-bond acceptors (Lipinski definition) is 8. The lowest BCUT2D eigenvalue weighted by molar-refractivity contribution is -0.139. The summed E-state index contributed by atoms with van der Waals surface area (Å²) < 4.78 is 0. The maximum atomic E-state index is 12.5. The van der Waals surface area contributed by atoms with Gasteiger partial charge in [-0.3, -0.25) is 28.8 Å². The van der Waals surface area contributed by atoms with Gasteiger partial charge >= 0.3 is 5.97 Å². The van der Waals surface area contributed by atoms with Gasteiger partial charge in [-0.25, -0.2) is 4.98 Å². The first-order valence-corrected chi connectivity index (χ1v) is 8.89. The zero-order chi connectivity index (χ0) is 23.6. The third-order valence-corrected chi connectivity index (χ3v) is 3.82. The SMILES string of the molecule is NC(=O)CC(NC(=O)C(N)Cc1cnc[nH]1)C(=O)NC(CC(N)=O)C(=O)NCC(=O)O. The Hall–Kier alpha value is -4.01. The Morgan fingerprint density at radius 2 is 1.52 bits per heavy atom. The van der Waals surface area contributed by atoms with Gasteiger partial charge in [0.1, 0.15) is 18.6 Å². The fourth-order valence-corrected chi connectivity index (χ4v) is 2.38. The van der Waals surface area contributed by atoms with Crippen LogP contribution in [0.3, 0.4) is 0 Å². The Labute approximate surface area is 175 Å². The minimum absolute atomic E-state index is 0.0542. The summed E-state index contributed by atoms with van der Waals surface area (Å²) in [6.07, 6.45) is 1.60. The average molecular weight is 440 g/mol. The third-order valence-electron chi connectivity index (χ3n) is 3.82. The van der Waals surface area contributed by atoms with E-state index in [2.05, 4.69) is 20.6 Å². The number of amides is 5. The van der Waals surface area contributed by atoms with Crippen molar-refractivity contribution in [3.8, 4) is 0 Å². The van der Waals surface area contributed by atoms with Crippen LogP contribution in [0.5, 0.6) is 0 Å². The van der Waals surface area contributed by atoms with Crippen LogP contribution in [-0.4, -0.2) is 75.2 Å². The number of carboxylic acids is 1. The summed E-state index contributed by atoms with van der Waals surface area (Å²) in [6, 6.07) is -4.17. The van der Waals surface area contributed by atoms with Crippen LogP contribution in [0.2, 0.25) is 0 Å². The van der Waals surface area contributed by atoms with E-state index in [4.69, 9.17) is 22.3 Å². The zero-order valence-corrected chi connectivity index (χ0v) is 16.3. The van der Waals surface area contributed by atoms with Crippen molar-refractivity contribution in [3.63, 3.8) is 0 Å². The first-order chi connectivity index (χ1) is 14.5. The van der Waals surface area contributed by atoms with Crippen molar-refractivity contribution in [1.82, 2.24) is 25.9 Å². The highest BCUT2D eigenvalue weighted by atomic mass is 16.4. The second-order valence-electron chi connectivity index (χ2n) is 6.46. The third kappa shape index (κ3) is 9.35. The summed E-state index contributed by atoms with van der Waals surface area (Å²) in [7, 11) is 0. The van der Waals surface area contributed by atoms with Crippen molar-refractivity contribution in [2.45, 2.75) is 37.4 Å². The number of primary amides is 2. The molecule has 11 N–H and O–H groups in total. The molecule has 3 unspecified atom stereocenters. The van der Waals surface area contributed by atoms with E-state index >= 15 is 0 Å². The molecule has 15 heteroatoms. The second kappa shape index (κ2) is 11.9. The van der Waals surface area contributed by atoms with Crippen LogP contribution < -0.4 is 33.2 Å². The molecule has 0 aliphatic rings. The lowest BCUT2D eigenvalue weighted by atomic mass is 10.1. The van der Waals surface area contributed by atoms with E-state index in [-0.39, 0.29) is 6.42 Å². The maximum absolute atomic E-state index is 12.5. The van der Waals surface area contributed by atoms with Crippen molar-refractivity contribution in [2.75, 3.05) is 6.54 Å². The van der Waals surface area contributed by atoms with Gasteiger partial charge in [0.05, 0.1) is 25.2 Å². The highest BCUT2D eigenvalue weighted by Gasteiger charge is 2.30. The molecule has 0 aliphatic carbocycles. The number of nitrogens with one attached hydrogen (secondary N) is 4. The molecule has 1 aromatic rings. The van der Waals surface area contributed by atoms with Crippen molar-refractivity contribution in [3.05, 3.63) is 18.2 Å². The molecule has 3 atom stereocenters. The molecule has 1 rings (SSSR count). The number of nitrogens with zero attached hydrogens (tertiary/aromatic N) is 1. The van der Waals surface area contributed by atoms with Crippen LogP contribution >= 0.6 is 0 Å². The van der Waals surface area contributed by atoms with Gasteiger partial charge in [0.15, 0.2) is 0 Å². The minimum Gasteiger partial charge on any atom is -0.480 e. The monoisotopic (exact) mass is 440 g/mol. The predicted octanol–water partition coefficient (Wildman–Crippen LogP) is -4.80. The van der Waals surface area contributed by atoms with Gasteiger partial charge in [-0.2, -0.15) is 0 Å². The Morgan fingerprint density at radius 1 is 0.968 bits per heavy atom. The van der Waals surface area contributed by atoms with Crippen LogP contribution in [0.25, 0.3) is 0 Å². The number of carbonyl (C=O) groups excluding carboxylic acids is 5. The topological polar surface area (TPSA) is 265 Å². The van der Waals surface area contributed by atoms with Gasteiger partial charge in [-0.15, -0.1) is 0 Å². The number of nitrogens with two attached hydrogens (primary N) is 3. The average Bonchev–Trinajstić information content (AvgIpc) is 3.17. The van der Waals surface area contributed by atoms with Gasteiger partial charge in [-0.1, -0.05) is 0 Å². The quantitative estimate of drug-likeness (QED) is 0.146. The summed E-state index contributed by atoms with van der Waals surface area (Å²) in [5, 5.41) is 15.0. The summed E-state index contributed by atoms with van der Waals surface area (Å²) in [5.74, 6) is -6.09. The van der Waals surface area contributed by atoms with Crippen LogP contribution in [-0.2, 0) is 35.2 Å². The van der Waals surface area contributed by atoms with E-state index in [1.165, 1.54) is 12.5 Å². The van der Waals surface area contributed by atoms with Gasteiger partial charge in [-0.05, 0) is 0 Å². The van der Waals surface area contributed by atoms with Crippen LogP contribution in [0, 0.1) is 0 Å². The number of H-pyrrole nitrogens is 1. The first-order valence-electron chi connectivity index (χ1n) is 8.89. The summed E-state index contributed by atoms with van der Waals surface area (Å²) in [6.45, 7) is -0.770. The molecule has 0 aromatic carbocycles. The number of aromatic amines is 1. The summed E-state index contributed by atoms with van der Waals surface area (Å²) >= 11 is 0. The number of imidazole rings is 1. The number of aliphatic carboxylic acids is 1. The smallest absolute Gasteiger partial charge is 0.322 e. The van der Waals surface area contributed by atoms with Gasteiger partial charge in [0.25, 0.3) is 0 Å².